The van der Waals surface area contributed by atoms with Crippen molar-refractivity contribution in [3.8, 4) is 0 Å². The fourth-order valence-electron chi connectivity index (χ4n) is 2.64. The van der Waals surface area contributed by atoms with Crippen LogP contribution in [0.4, 0.5) is 4.39 Å². The number of aldehydes is 1. The molecule has 1 aromatic heterocycles. The summed E-state index contributed by atoms with van der Waals surface area (Å²) in [6, 6.07) is 11.0. The van der Waals surface area contributed by atoms with E-state index < -0.39 is 21.9 Å². The monoisotopic (exact) mass is 346 g/mol. The van der Waals surface area contributed by atoms with Gasteiger partial charge in [-0.2, -0.15) is 0 Å². The molecule has 2 N–H and O–H groups in total. The summed E-state index contributed by atoms with van der Waals surface area (Å²) in [4.78, 5) is 11.4. The van der Waals surface area contributed by atoms with Crippen LogP contribution in [0.1, 0.15) is 29.0 Å². The molecular weight excluding hydrogens is 331 g/mol. The van der Waals surface area contributed by atoms with E-state index >= 15 is 0 Å². The number of halogens is 1. The zero-order valence-electron chi connectivity index (χ0n) is 12.8. The molecule has 0 aliphatic heterocycles. The van der Waals surface area contributed by atoms with Crippen LogP contribution >= 0.6 is 0 Å². The Morgan fingerprint density at radius 1 is 1.17 bits per heavy atom. The summed E-state index contributed by atoms with van der Waals surface area (Å²) in [6.45, 7) is 1.60. The van der Waals surface area contributed by atoms with Gasteiger partial charge in [-0.05, 0) is 37.3 Å². The summed E-state index contributed by atoms with van der Waals surface area (Å²) in [5, 5.41) is 0.318. The number of aromatic nitrogens is 1. The first-order valence-corrected chi connectivity index (χ1v) is 8.66. The van der Waals surface area contributed by atoms with Gasteiger partial charge in [0.1, 0.15) is 5.82 Å². The van der Waals surface area contributed by atoms with Crippen LogP contribution in [0, 0.1) is 5.82 Å². The van der Waals surface area contributed by atoms with Crippen molar-refractivity contribution in [2.75, 3.05) is 0 Å². The van der Waals surface area contributed by atoms with Gasteiger partial charge in [-0.3, -0.25) is 4.79 Å². The summed E-state index contributed by atoms with van der Waals surface area (Å²) >= 11 is 0. The zero-order valence-corrected chi connectivity index (χ0v) is 13.6. The van der Waals surface area contributed by atoms with E-state index in [1.807, 2.05) is 0 Å². The van der Waals surface area contributed by atoms with Crippen LogP contribution in [-0.4, -0.2) is 18.7 Å². The van der Waals surface area contributed by atoms with Gasteiger partial charge < -0.3 is 5.73 Å². The van der Waals surface area contributed by atoms with Gasteiger partial charge in [-0.25, -0.2) is 16.8 Å². The van der Waals surface area contributed by atoms with Crippen LogP contribution < -0.4 is 5.73 Å². The number of nitrogens with zero attached hydrogens (tertiary/aromatic N) is 1. The Labute approximate surface area is 138 Å². The number of rotatable bonds is 4. The third-order valence-corrected chi connectivity index (χ3v) is 5.55. The van der Waals surface area contributed by atoms with E-state index in [1.54, 1.807) is 25.1 Å². The summed E-state index contributed by atoms with van der Waals surface area (Å²) in [5.74, 6) is -0.538. The summed E-state index contributed by atoms with van der Waals surface area (Å²) < 4.78 is 40.9. The van der Waals surface area contributed by atoms with E-state index in [0.717, 1.165) is 3.97 Å². The van der Waals surface area contributed by atoms with E-state index in [2.05, 4.69) is 0 Å². The van der Waals surface area contributed by atoms with Gasteiger partial charge >= 0.3 is 0 Å². The Hall–Kier alpha value is -2.51. The van der Waals surface area contributed by atoms with Gasteiger partial charge in [0.15, 0.2) is 6.29 Å². The number of fused-ring (bicyclic) bond motifs is 1. The predicted octanol–water partition coefficient (Wildman–Crippen LogP) is 2.85. The Bertz CT molecular complexity index is 1020. The maximum atomic E-state index is 14.1. The maximum absolute atomic E-state index is 14.1. The molecule has 0 aliphatic carbocycles. The van der Waals surface area contributed by atoms with Crippen molar-refractivity contribution >= 4 is 27.2 Å². The first-order valence-electron chi connectivity index (χ1n) is 7.22. The first-order chi connectivity index (χ1) is 11.4. The smallest absolute Gasteiger partial charge is 0.268 e. The molecule has 3 aromatic rings. The quantitative estimate of drug-likeness (QED) is 0.737. The molecule has 0 saturated carbocycles. The van der Waals surface area contributed by atoms with Crippen molar-refractivity contribution in [1.82, 2.24) is 3.97 Å². The molecule has 0 amide bonds. The summed E-state index contributed by atoms with van der Waals surface area (Å²) in [7, 11) is -4.00. The van der Waals surface area contributed by atoms with Gasteiger partial charge in [0.05, 0.1) is 16.1 Å². The highest BCUT2D eigenvalue weighted by atomic mass is 32.2. The summed E-state index contributed by atoms with van der Waals surface area (Å²) in [5.41, 5.74) is 6.07. The van der Waals surface area contributed by atoms with Crippen molar-refractivity contribution < 1.29 is 17.6 Å². The first kappa shape index (κ1) is 16.4. The molecule has 0 fully saturated rings. The zero-order chi connectivity index (χ0) is 17.5. The van der Waals surface area contributed by atoms with E-state index in [1.165, 1.54) is 30.3 Å². The standard InChI is InChI=1S/C17H15FN2O3S/c1-11(19)15-9-17-12(8-16(15)18)7-13(10-21)20(17)24(22,23)14-5-3-2-4-6-14/h2-11H,19H2,1H3/t11-/m1/s1. The Morgan fingerprint density at radius 3 is 2.42 bits per heavy atom. The predicted molar refractivity (Wildman–Crippen MR) is 88.9 cm³/mol. The third kappa shape index (κ3) is 2.51. The molecule has 5 nitrogen and oxygen atoms in total. The normalized spacial score (nSPS) is 13.1. The van der Waals surface area contributed by atoms with E-state index in [0.29, 0.717) is 11.7 Å². The third-order valence-electron chi connectivity index (χ3n) is 3.80. The minimum absolute atomic E-state index is 0.0391. The number of hydrogen-bond acceptors (Lipinski definition) is 4. The van der Waals surface area contributed by atoms with Gasteiger partial charge in [0, 0.05) is 17.0 Å². The average Bonchev–Trinajstić information content (AvgIpc) is 2.92. The molecule has 0 saturated heterocycles. The molecule has 0 aliphatic rings. The van der Waals surface area contributed by atoms with Crippen LogP contribution in [0.5, 0.6) is 0 Å². The molecule has 2 aromatic carbocycles. The van der Waals surface area contributed by atoms with Gasteiger partial charge in [0.2, 0.25) is 0 Å². The number of hydrogen-bond donors (Lipinski definition) is 1. The average molecular weight is 346 g/mol. The van der Waals surface area contributed by atoms with Crippen LogP contribution in [0.2, 0.25) is 0 Å². The molecule has 1 atom stereocenters. The van der Waals surface area contributed by atoms with E-state index in [9.17, 15) is 17.6 Å². The molecular formula is C17H15FN2O3S. The minimum Gasteiger partial charge on any atom is -0.324 e. The fourth-order valence-corrected chi connectivity index (χ4v) is 4.14. The molecule has 7 heteroatoms. The van der Waals surface area contributed by atoms with Crippen LogP contribution in [0.15, 0.2) is 53.4 Å². The maximum Gasteiger partial charge on any atom is 0.268 e. The summed E-state index contributed by atoms with van der Waals surface area (Å²) in [6.07, 6.45) is 0.434. The van der Waals surface area contributed by atoms with Gasteiger partial charge in [0.25, 0.3) is 10.0 Å². The molecule has 0 unspecified atom stereocenters. The fraction of sp³-hybridized carbons (Fsp3) is 0.118. The minimum atomic E-state index is -4.00. The SMILES string of the molecule is C[C@@H](N)c1cc2c(cc1F)cc(C=O)n2S(=O)(=O)c1ccccc1. The number of benzene rings is 2. The van der Waals surface area contributed by atoms with Gasteiger partial charge in [-0.15, -0.1) is 0 Å². The topological polar surface area (TPSA) is 82.2 Å². The van der Waals surface area contributed by atoms with Crippen molar-refractivity contribution in [2.45, 2.75) is 17.9 Å². The lowest BCUT2D eigenvalue weighted by atomic mass is 10.1. The lowest BCUT2D eigenvalue weighted by Crippen LogP contribution is -2.16. The lowest BCUT2D eigenvalue weighted by molar-refractivity contribution is 0.111. The van der Waals surface area contributed by atoms with Crippen molar-refractivity contribution in [1.29, 1.82) is 0 Å². The molecule has 124 valence electrons. The highest BCUT2D eigenvalue weighted by Gasteiger charge is 2.24. The van der Waals surface area contributed by atoms with Crippen LogP contribution in [-0.2, 0) is 10.0 Å². The van der Waals surface area contributed by atoms with Crippen molar-refractivity contribution in [2.24, 2.45) is 5.73 Å². The lowest BCUT2D eigenvalue weighted by Gasteiger charge is -2.12. The van der Waals surface area contributed by atoms with E-state index in [4.69, 9.17) is 5.73 Å². The Kier molecular flexibility index (Phi) is 3.98. The second-order valence-corrected chi connectivity index (χ2v) is 7.28. The molecule has 0 radical (unpaired) electrons. The van der Waals surface area contributed by atoms with Crippen LogP contribution in [0.25, 0.3) is 10.9 Å². The highest BCUT2D eigenvalue weighted by molar-refractivity contribution is 7.90. The molecule has 1 heterocycles. The van der Waals surface area contributed by atoms with Crippen LogP contribution in [0.3, 0.4) is 0 Å². The highest BCUT2D eigenvalue weighted by Crippen LogP contribution is 2.29. The Morgan fingerprint density at radius 2 is 1.83 bits per heavy atom. The number of carbonyl (C=O) groups excluding carboxylic acids is 1. The molecule has 0 bridgehead atoms. The number of carbonyl (C=O) groups is 1. The molecule has 24 heavy (non-hydrogen) atoms. The molecule has 0 spiro atoms. The second kappa shape index (κ2) is 5.85. The van der Waals surface area contributed by atoms with Gasteiger partial charge in [-0.1, -0.05) is 18.2 Å². The molecule has 3 rings (SSSR count). The van der Waals surface area contributed by atoms with Crippen molar-refractivity contribution in [3.05, 3.63) is 65.6 Å². The second-order valence-electron chi connectivity index (χ2n) is 5.49. The number of nitrogens with two attached hydrogens (primary N) is 1. The van der Waals surface area contributed by atoms with Crippen molar-refractivity contribution in [3.63, 3.8) is 0 Å². The van der Waals surface area contributed by atoms with E-state index in [-0.39, 0.29) is 21.7 Å². The Balaban J connectivity index is 2.38. The largest absolute Gasteiger partial charge is 0.324 e.